The molecule has 0 aliphatic rings. The highest BCUT2D eigenvalue weighted by atomic mass is 35.5. The lowest BCUT2D eigenvalue weighted by atomic mass is 10.2. The van der Waals surface area contributed by atoms with Gasteiger partial charge in [-0.1, -0.05) is 59.2 Å². The number of amidine groups is 1. The maximum atomic E-state index is 6.13. The van der Waals surface area contributed by atoms with Crippen LogP contribution in [-0.2, 0) is 12.3 Å². The minimum atomic E-state index is 0.471. The molecule has 0 heterocycles. The second-order valence-electron chi connectivity index (χ2n) is 4.46. The number of nitrogens with two attached hydrogens (primary N) is 1. The molecule has 0 fully saturated rings. The van der Waals surface area contributed by atoms with Gasteiger partial charge in [-0.3, -0.25) is 4.99 Å². The zero-order chi connectivity index (χ0) is 15.9. The third-order valence-corrected chi connectivity index (χ3v) is 4.59. The average molecular weight is 355 g/mol. The number of nitrogens with zero attached hydrogens (tertiary/aromatic N) is 1. The molecule has 0 amide bonds. The van der Waals surface area contributed by atoms with Gasteiger partial charge in [-0.15, -0.1) is 0 Å². The monoisotopic (exact) mass is 354 g/mol. The van der Waals surface area contributed by atoms with E-state index in [0.717, 1.165) is 16.9 Å². The van der Waals surface area contributed by atoms with Crippen LogP contribution in [0.15, 0.2) is 47.5 Å². The van der Waals surface area contributed by atoms with E-state index < -0.39 is 0 Å². The largest absolute Gasteiger partial charge is 0.496 e. The van der Waals surface area contributed by atoms with E-state index in [1.807, 2.05) is 42.5 Å². The van der Waals surface area contributed by atoms with Gasteiger partial charge in [-0.2, -0.15) is 0 Å². The van der Waals surface area contributed by atoms with E-state index in [0.29, 0.717) is 27.5 Å². The topological polar surface area (TPSA) is 47.6 Å². The van der Waals surface area contributed by atoms with Gasteiger partial charge in [-0.25, -0.2) is 0 Å². The van der Waals surface area contributed by atoms with E-state index in [1.54, 1.807) is 7.11 Å². The lowest BCUT2D eigenvalue weighted by Gasteiger charge is -2.07. The lowest BCUT2D eigenvalue weighted by Crippen LogP contribution is -2.08. The molecule has 2 rings (SSSR count). The van der Waals surface area contributed by atoms with Crippen LogP contribution in [0.4, 0.5) is 0 Å². The second kappa shape index (κ2) is 8.32. The van der Waals surface area contributed by atoms with Gasteiger partial charge in [0.05, 0.1) is 13.7 Å². The molecular formula is C16H16Cl2N2OS. The van der Waals surface area contributed by atoms with Crippen molar-refractivity contribution < 1.29 is 4.74 Å². The fourth-order valence-corrected chi connectivity index (χ4v) is 3.31. The van der Waals surface area contributed by atoms with Gasteiger partial charge in [0.25, 0.3) is 0 Å². The highest BCUT2D eigenvalue weighted by Crippen LogP contribution is 2.28. The fourth-order valence-electron chi connectivity index (χ4n) is 1.86. The highest BCUT2D eigenvalue weighted by molar-refractivity contribution is 8.13. The van der Waals surface area contributed by atoms with E-state index in [1.165, 1.54) is 11.8 Å². The molecule has 0 radical (unpaired) electrons. The lowest BCUT2D eigenvalue weighted by molar-refractivity contribution is 0.410. The third kappa shape index (κ3) is 4.57. The van der Waals surface area contributed by atoms with E-state index in [2.05, 4.69) is 4.99 Å². The Morgan fingerprint density at radius 3 is 2.50 bits per heavy atom. The number of methoxy groups -OCH3 is 1. The molecule has 6 heteroatoms. The molecule has 0 spiro atoms. The van der Waals surface area contributed by atoms with Gasteiger partial charge in [0, 0.05) is 21.4 Å². The summed E-state index contributed by atoms with van der Waals surface area (Å²) in [5.41, 5.74) is 7.80. The van der Waals surface area contributed by atoms with Crippen LogP contribution in [0.1, 0.15) is 11.1 Å². The Bertz CT molecular complexity index is 657. The molecule has 0 saturated heterocycles. The first-order valence-corrected chi connectivity index (χ1v) is 8.33. The molecule has 0 atom stereocenters. The summed E-state index contributed by atoms with van der Waals surface area (Å²) in [7, 11) is 1.64. The van der Waals surface area contributed by atoms with E-state index >= 15 is 0 Å². The van der Waals surface area contributed by atoms with E-state index in [-0.39, 0.29) is 0 Å². The summed E-state index contributed by atoms with van der Waals surface area (Å²) in [5.74, 6) is 1.39. The maximum Gasteiger partial charge on any atom is 0.154 e. The predicted molar refractivity (Wildman–Crippen MR) is 96.1 cm³/mol. The normalized spacial score (nSPS) is 11.5. The van der Waals surface area contributed by atoms with Crippen LogP contribution in [0.25, 0.3) is 0 Å². The maximum absolute atomic E-state index is 6.13. The first-order valence-electron chi connectivity index (χ1n) is 6.59. The van der Waals surface area contributed by atoms with Crippen LogP contribution in [-0.4, -0.2) is 12.3 Å². The van der Waals surface area contributed by atoms with Gasteiger partial charge in [-0.05, 0) is 23.8 Å². The Morgan fingerprint density at radius 1 is 1.14 bits per heavy atom. The zero-order valence-electron chi connectivity index (χ0n) is 12.1. The molecule has 2 N–H and O–H groups in total. The molecule has 116 valence electrons. The Balaban J connectivity index is 1.99. The second-order valence-corrected chi connectivity index (χ2v) is 6.27. The van der Waals surface area contributed by atoms with Crippen molar-refractivity contribution in [3.8, 4) is 5.75 Å². The first kappa shape index (κ1) is 17.0. The highest BCUT2D eigenvalue weighted by Gasteiger charge is 2.07. The SMILES string of the molecule is COc1ccccc1CN=C(N)SCc1c(Cl)cccc1Cl. The summed E-state index contributed by atoms with van der Waals surface area (Å²) >= 11 is 13.7. The molecule has 0 aliphatic carbocycles. The van der Waals surface area contributed by atoms with Crippen LogP contribution in [0.2, 0.25) is 10.0 Å². The summed E-state index contributed by atoms with van der Waals surface area (Å²) in [6.45, 7) is 0.471. The third-order valence-electron chi connectivity index (χ3n) is 3.02. The van der Waals surface area contributed by atoms with Crippen molar-refractivity contribution >= 4 is 40.1 Å². The van der Waals surface area contributed by atoms with Crippen LogP contribution >= 0.6 is 35.0 Å². The van der Waals surface area contributed by atoms with Crippen molar-refractivity contribution in [1.29, 1.82) is 0 Å². The summed E-state index contributed by atoms with van der Waals surface area (Å²) < 4.78 is 5.29. The van der Waals surface area contributed by atoms with Gasteiger partial charge in [0.2, 0.25) is 0 Å². The molecule has 2 aromatic rings. The minimum Gasteiger partial charge on any atom is -0.496 e. The number of hydrogen-bond donors (Lipinski definition) is 1. The molecule has 2 aromatic carbocycles. The van der Waals surface area contributed by atoms with Crippen molar-refractivity contribution in [2.24, 2.45) is 10.7 Å². The van der Waals surface area contributed by atoms with Gasteiger partial charge >= 0.3 is 0 Å². The smallest absolute Gasteiger partial charge is 0.154 e. The molecule has 0 aromatic heterocycles. The summed E-state index contributed by atoms with van der Waals surface area (Å²) in [6.07, 6.45) is 0. The molecule has 0 saturated carbocycles. The Kier molecular flexibility index (Phi) is 6.43. The summed E-state index contributed by atoms with van der Waals surface area (Å²) in [5, 5.41) is 1.76. The van der Waals surface area contributed by atoms with Gasteiger partial charge < -0.3 is 10.5 Å². The molecule has 0 bridgehead atoms. The number of aliphatic imine (C=N–C) groups is 1. The van der Waals surface area contributed by atoms with Crippen molar-refractivity contribution in [2.45, 2.75) is 12.3 Å². The Hall–Kier alpha value is -1.36. The van der Waals surface area contributed by atoms with Crippen molar-refractivity contribution in [1.82, 2.24) is 0 Å². The van der Waals surface area contributed by atoms with Gasteiger partial charge in [0.15, 0.2) is 5.17 Å². The number of ether oxygens (including phenoxy) is 1. The standard InChI is InChI=1S/C16H16Cl2N2OS/c1-21-15-8-3-2-5-11(15)9-20-16(19)22-10-12-13(17)6-4-7-14(12)18/h2-8H,9-10H2,1H3,(H2,19,20). The van der Waals surface area contributed by atoms with Crippen molar-refractivity contribution in [2.75, 3.05) is 7.11 Å². The van der Waals surface area contributed by atoms with Crippen LogP contribution < -0.4 is 10.5 Å². The number of para-hydroxylation sites is 1. The number of thioether (sulfide) groups is 1. The number of halogens is 2. The Morgan fingerprint density at radius 2 is 1.82 bits per heavy atom. The minimum absolute atomic E-state index is 0.471. The van der Waals surface area contributed by atoms with Crippen LogP contribution in [0.3, 0.4) is 0 Å². The molecule has 3 nitrogen and oxygen atoms in total. The molecule has 0 aliphatic heterocycles. The number of rotatable bonds is 5. The summed E-state index contributed by atoms with van der Waals surface area (Å²) in [4.78, 5) is 4.37. The predicted octanol–water partition coefficient (Wildman–Crippen LogP) is 4.75. The van der Waals surface area contributed by atoms with Crippen LogP contribution in [0.5, 0.6) is 5.75 Å². The van der Waals surface area contributed by atoms with Crippen molar-refractivity contribution in [3.63, 3.8) is 0 Å². The van der Waals surface area contributed by atoms with Crippen LogP contribution in [0, 0.1) is 0 Å². The average Bonchev–Trinajstić information content (AvgIpc) is 2.52. The molecule has 0 unspecified atom stereocenters. The zero-order valence-corrected chi connectivity index (χ0v) is 14.4. The fraction of sp³-hybridized carbons (Fsp3) is 0.188. The number of benzene rings is 2. The quantitative estimate of drug-likeness (QED) is 0.622. The first-order chi connectivity index (χ1) is 10.6. The number of hydrogen-bond acceptors (Lipinski definition) is 3. The summed E-state index contributed by atoms with van der Waals surface area (Å²) in [6, 6.07) is 13.2. The van der Waals surface area contributed by atoms with Gasteiger partial charge in [0.1, 0.15) is 5.75 Å². The van der Waals surface area contributed by atoms with Crippen molar-refractivity contribution in [3.05, 3.63) is 63.6 Å². The molecular weight excluding hydrogens is 339 g/mol. The Labute approximate surface area is 144 Å². The van der Waals surface area contributed by atoms with E-state index in [9.17, 15) is 0 Å². The molecule has 22 heavy (non-hydrogen) atoms. The van der Waals surface area contributed by atoms with E-state index in [4.69, 9.17) is 33.7 Å².